The van der Waals surface area contributed by atoms with Crippen LogP contribution in [-0.2, 0) is 5.54 Å². The molecule has 0 spiro atoms. The van der Waals surface area contributed by atoms with Crippen LogP contribution in [0.4, 0.5) is 0 Å². The molecule has 4 nitrogen and oxygen atoms in total. The first-order chi connectivity index (χ1) is 9.23. The highest BCUT2D eigenvalue weighted by Gasteiger charge is 2.39. The molecule has 2 aromatic rings. The van der Waals surface area contributed by atoms with Gasteiger partial charge in [0.2, 0.25) is 5.89 Å². The number of nitrogens with zero attached hydrogens (tertiary/aromatic N) is 2. The quantitative estimate of drug-likeness (QED) is 0.938. The van der Waals surface area contributed by atoms with E-state index >= 15 is 0 Å². The lowest BCUT2D eigenvalue weighted by molar-refractivity contribution is 0.228. The summed E-state index contributed by atoms with van der Waals surface area (Å²) in [6.45, 7) is 2.13. The van der Waals surface area contributed by atoms with Gasteiger partial charge in [0.25, 0.3) is 0 Å². The van der Waals surface area contributed by atoms with E-state index in [-0.39, 0.29) is 23.9 Å². The van der Waals surface area contributed by atoms with Crippen LogP contribution in [0.3, 0.4) is 0 Å². The minimum absolute atomic E-state index is 0. The number of aromatic nitrogens is 2. The fraction of sp³-hybridized carbons (Fsp3) is 0.467. The molecule has 1 saturated carbocycles. The van der Waals surface area contributed by atoms with E-state index in [0.29, 0.717) is 11.7 Å². The summed E-state index contributed by atoms with van der Waals surface area (Å²) in [5.41, 5.74) is 7.09. The van der Waals surface area contributed by atoms with Crippen LogP contribution < -0.4 is 5.73 Å². The molecule has 1 heterocycles. The Labute approximate surface area is 125 Å². The van der Waals surface area contributed by atoms with E-state index in [1.807, 2.05) is 18.2 Å². The van der Waals surface area contributed by atoms with Crippen molar-refractivity contribution >= 4 is 12.4 Å². The van der Waals surface area contributed by atoms with Gasteiger partial charge in [-0.2, -0.15) is 4.98 Å². The first-order valence-corrected chi connectivity index (χ1v) is 6.91. The second-order valence-electron chi connectivity index (χ2n) is 5.34. The minimum Gasteiger partial charge on any atom is -0.339 e. The van der Waals surface area contributed by atoms with Crippen LogP contribution in [0.25, 0.3) is 0 Å². The average Bonchev–Trinajstić information content (AvgIpc) is 2.88. The summed E-state index contributed by atoms with van der Waals surface area (Å²) in [5, 5.41) is 4.09. The molecule has 0 amide bonds. The number of hydrogen-bond donors (Lipinski definition) is 1. The summed E-state index contributed by atoms with van der Waals surface area (Å²) < 4.78 is 5.45. The molecule has 1 aromatic carbocycles. The van der Waals surface area contributed by atoms with Gasteiger partial charge in [0.05, 0.1) is 11.5 Å². The maximum absolute atomic E-state index is 6.23. The molecular weight excluding hydrogens is 274 g/mol. The Morgan fingerprint density at radius 3 is 2.55 bits per heavy atom. The summed E-state index contributed by atoms with van der Waals surface area (Å²) in [5.74, 6) is 1.51. The average molecular weight is 294 g/mol. The zero-order valence-corrected chi connectivity index (χ0v) is 12.4. The lowest BCUT2D eigenvalue weighted by Crippen LogP contribution is -2.44. The van der Waals surface area contributed by atoms with Crippen LogP contribution in [0.5, 0.6) is 0 Å². The van der Waals surface area contributed by atoms with Crippen molar-refractivity contribution in [3.8, 4) is 0 Å². The van der Waals surface area contributed by atoms with Crippen molar-refractivity contribution in [2.75, 3.05) is 0 Å². The number of benzene rings is 1. The predicted molar refractivity (Wildman–Crippen MR) is 79.8 cm³/mol. The zero-order valence-electron chi connectivity index (χ0n) is 11.6. The Kier molecular flexibility index (Phi) is 4.45. The van der Waals surface area contributed by atoms with Gasteiger partial charge in [-0.25, -0.2) is 0 Å². The van der Waals surface area contributed by atoms with Crippen LogP contribution in [0.2, 0.25) is 0 Å². The molecule has 0 radical (unpaired) electrons. The van der Waals surface area contributed by atoms with E-state index in [9.17, 15) is 0 Å². The first kappa shape index (κ1) is 15.0. The second kappa shape index (κ2) is 5.94. The smallest absolute Gasteiger partial charge is 0.234 e. The van der Waals surface area contributed by atoms with Crippen molar-refractivity contribution in [1.82, 2.24) is 10.1 Å². The molecule has 1 aliphatic carbocycles. The van der Waals surface area contributed by atoms with Crippen molar-refractivity contribution < 1.29 is 4.52 Å². The summed E-state index contributed by atoms with van der Waals surface area (Å²) in [6.07, 6.45) is 3.99. The molecule has 1 unspecified atom stereocenters. The Morgan fingerprint density at radius 2 is 2.00 bits per heavy atom. The normalized spacial score (nSPS) is 17.9. The van der Waals surface area contributed by atoms with E-state index in [4.69, 9.17) is 10.3 Å². The van der Waals surface area contributed by atoms with Gasteiger partial charge in [-0.3, -0.25) is 0 Å². The van der Waals surface area contributed by atoms with Crippen molar-refractivity contribution in [1.29, 1.82) is 0 Å². The summed E-state index contributed by atoms with van der Waals surface area (Å²) >= 11 is 0. The van der Waals surface area contributed by atoms with Gasteiger partial charge in [-0.05, 0) is 31.2 Å². The number of rotatable bonds is 4. The molecule has 1 aromatic heterocycles. The molecule has 5 heteroatoms. The molecule has 1 aliphatic rings. The number of halogens is 1. The number of hydrogen-bond acceptors (Lipinski definition) is 4. The Hall–Kier alpha value is -1.39. The summed E-state index contributed by atoms with van der Waals surface area (Å²) in [4.78, 5) is 4.55. The third-order valence-corrected chi connectivity index (χ3v) is 4.04. The molecule has 2 N–H and O–H groups in total. The van der Waals surface area contributed by atoms with E-state index in [2.05, 4.69) is 29.2 Å². The molecule has 0 aliphatic heterocycles. The fourth-order valence-corrected chi connectivity index (χ4v) is 2.60. The van der Waals surface area contributed by atoms with Gasteiger partial charge in [0.15, 0.2) is 5.82 Å². The Bertz CT molecular complexity index is 551. The van der Waals surface area contributed by atoms with Crippen LogP contribution in [0, 0.1) is 0 Å². The van der Waals surface area contributed by atoms with E-state index in [0.717, 1.165) is 25.7 Å². The fourth-order valence-electron chi connectivity index (χ4n) is 2.60. The Morgan fingerprint density at radius 1 is 1.30 bits per heavy atom. The monoisotopic (exact) mass is 293 g/mol. The third kappa shape index (κ3) is 2.58. The van der Waals surface area contributed by atoms with E-state index in [1.165, 1.54) is 5.56 Å². The maximum atomic E-state index is 6.23. The third-order valence-electron chi connectivity index (χ3n) is 4.04. The summed E-state index contributed by atoms with van der Waals surface area (Å²) in [7, 11) is 0. The molecular formula is C15H20ClN3O. The van der Waals surface area contributed by atoms with Crippen LogP contribution in [-0.4, -0.2) is 10.1 Å². The zero-order chi connectivity index (χ0) is 13.3. The van der Waals surface area contributed by atoms with Crippen LogP contribution >= 0.6 is 12.4 Å². The van der Waals surface area contributed by atoms with Gasteiger partial charge in [-0.1, -0.05) is 42.4 Å². The molecule has 0 bridgehead atoms. The van der Waals surface area contributed by atoms with Crippen LogP contribution in [0.15, 0.2) is 34.9 Å². The highest BCUT2D eigenvalue weighted by molar-refractivity contribution is 5.85. The lowest BCUT2D eigenvalue weighted by Gasteiger charge is -2.34. The molecule has 0 saturated heterocycles. The van der Waals surface area contributed by atoms with E-state index < -0.39 is 0 Å². The number of nitrogens with two attached hydrogens (primary N) is 1. The van der Waals surface area contributed by atoms with Crippen molar-refractivity contribution in [2.24, 2.45) is 5.73 Å². The van der Waals surface area contributed by atoms with Crippen molar-refractivity contribution in [3.05, 3.63) is 47.6 Å². The SMILES string of the molecule is CCC(c1ccccc1)c1nc(C2(N)CCC2)no1.Cl. The molecule has 1 fully saturated rings. The van der Waals surface area contributed by atoms with Gasteiger partial charge in [-0.15, -0.1) is 12.4 Å². The first-order valence-electron chi connectivity index (χ1n) is 6.91. The van der Waals surface area contributed by atoms with Gasteiger partial charge >= 0.3 is 0 Å². The molecule has 108 valence electrons. The van der Waals surface area contributed by atoms with Crippen molar-refractivity contribution in [2.45, 2.75) is 44.1 Å². The largest absolute Gasteiger partial charge is 0.339 e. The highest BCUT2D eigenvalue weighted by Crippen LogP contribution is 2.38. The minimum atomic E-state index is -0.350. The Balaban J connectivity index is 0.00000147. The van der Waals surface area contributed by atoms with Gasteiger partial charge < -0.3 is 10.3 Å². The topological polar surface area (TPSA) is 64.9 Å². The van der Waals surface area contributed by atoms with Crippen molar-refractivity contribution in [3.63, 3.8) is 0 Å². The van der Waals surface area contributed by atoms with Gasteiger partial charge in [0, 0.05) is 0 Å². The van der Waals surface area contributed by atoms with Crippen LogP contribution in [0.1, 0.15) is 55.8 Å². The second-order valence-corrected chi connectivity index (χ2v) is 5.34. The van der Waals surface area contributed by atoms with E-state index in [1.54, 1.807) is 0 Å². The standard InChI is InChI=1S/C15H19N3O.ClH/c1-2-12(11-7-4-3-5-8-11)13-17-14(18-19-13)15(16)9-6-10-15;/h3-5,7-8,12H,2,6,9-10,16H2,1H3;1H. The molecule has 1 atom stereocenters. The molecule has 3 rings (SSSR count). The maximum Gasteiger partial charge on any atom is 0.234 e. The lowest BCUT2D eigenvalue weighted by atomic mass is 9.77. The summed E-state index contributed by atoms with van der Waals surface area (Å²) in [6, 6.07) is 10.3. The predicted octanol–water partition coefficient (Wildman–Crippen LogP) is 3.37. The van der Waals surface area contributed by atoms with Gasteiger partial charge in [0.1, 0.15) is 0 Å². The highest BCUT2D eigenvalue weighted by atomic mass is 35.5. The molecule has 20 heavy (non-hydrogen) atoms.